The Kier molecular flexibility index (Phi) is 2.58. The standard InChI is InChI=1S/C9H12BrN3O/c1-13(4-6-2-3-6)8-7(10)9(14)12-5-11-8/h5-6H,2-4H2,1H3,(H,11,12,14). The molecule has 1 aromatic rings. The molecule has 4 nitrogen and oxygen atoms in total. The zero-order valence-corrected chi connectivity index (χ0v) is 9.54. The van der Waals surface area contributed by atoms with E-state index in [4.69, 9.17) is 0 Å². The lowest BCUT2D eigenvalue weighted by atomic mass is 10.4. The van der Waals surface area contributed by atoms with Crippen molar-refractivity contribution in [3.63, 3.8) is 0 Å². The molecule has 1 aromatic heterocycles. The molecule has 0 aromatic carbocycles. The van der Waals surface area contributed by atoms with E-state index in [0.717, 1.165) is 18.3 Å². The second-order valence-corrected chi connectivity index (χ2v) is 4.49. The molecule has 1 saturated carbocycles. The van der Waals surface area contributed by atoms with Gasteiger partial charge < -0.3 is 9.88 Å². The number of rotatable bonds is 3. The Hall–Kier alpha value is -0.840. The number of H-pyrrole nitrogens is 1. The molecule has 0 saturated heterocycles. The lowest BCUT2D eigenvalue weighted by Gasteiger charge is -2.18. The van der Waals surface area contributed by atoms with Crippen LogP contribution >= 0.6 is 15.9 Å². The van der Waals surface area contributed by atoms with E-state index < -0.39 is 0 Å². The fourth-order valence-electron chi connectivity index (χ4n) is 1.41. The number of halogens is 1. The van der Waals surface area contributed by atoms with Crippen molar-refractivity contribution < 1.29 is 0 Å². The van der Waals surface area contributed by atoms with E-state index in [1.165, 1.54) is 19.2 Å². The van der Waals surface area contributed by atoms with Crippen LogP contribution in [-0.4, -0.2) is 23.6 Å². The van der Waals surface area contributed by atoms with E-state index in [1.807, 2.05) is 11.9 Å². The van der Waals surface area contributed by atoms with Gasteiger partial charge in [0, 0.05) is 13.6 Å². The summed E-state index contributed by atoms with van der Waals surface area (Å²) in [6.07, 6.45) is 4.03. The van der Waals surface area contributed by atoms with Crippen molar-refractivity contribution in [3.05, 3.63) is 21.2 Å². The maximum absolute atomic E-state index is 11.3. The molecule has 0 amide bonds. The molecule has 0 radical (unpaired) electrons. The Morgan fingerprint density at radius 1 is 1.71 bits per heavy atom. The van der Waals surface area contributed by atoms with Crippen LogP contribution < -0.4 is 10.5 Å². The second-order valence-electron chi connectivity index (χ2n) is 3.69. The lowest BCUT2D eigenvalue weighted by molar-refractivity contribution is 0.772. The van der Waals surface area contributed by atoms with Gasteiger partial charge in [-0.05, 0) is 34.7 Å². The monoisotopic (exact) mass is 257 g/mol. The first-order chi connectivity index (χ1) is 6.68. The fraction of sp³-hybridized carbons (Fsp3) is 0.556. The predicted octanol–water partition coefficient (Wildman–Crippen LogP) is 1.38. The summed E-state index contributed by atoms with van der Waals surface area (Å²) < 4.78 is 0.517. The van der Waals surface area contributed by atoms with Gasteiger partial charge in [0.1, 0.15) is 10.3 Å². The fourth-order valence-corrected chi connectivity index (χ4v) is 1.93. The Morgan fingerprint density at radius 3 is 3.07 bits per heavy atom. The molecule has 1 heterocycles. The van der Waals surface area contributed by atoms with Gasteiger partial charge in [0.05, 0.1) is 6.33 Å². The summed E-state index contributed by atoms with van der Waals surface area (Å²) in [5.74, 6) is 1.51. The van der Waals surface area contributed by atoms with Gasteiger partial charge in [-0.1, -0.05) is 0 Å². The van der Waals surface area contributed by atoms with Crippen LogP contribution in [-0.2, 0) is 0 Å². The topological polar surface area (TPSA) is 49.0 Å². The second kappa shape index (κ2) is 3.73. The third-order valence-corrected chi connectivity index (χ3v) is 3.08. The zero-order chi connectivity index (χ0) is 10.1. The summed E-state index contributed by atoms with van der Waals surface area (Å²) in [6, 6.07) is 0. The SMILES string of the molecule is CN(CC1CC1)c1nc[nH]c(=O)c1Br. The van der Waals surface area contributed by atoms with Crippen LogP contribution in [0.15, 0.2) is 15.6 Å². The van der Waals surface area contributed by atoms with Gasteiger partial charge in [-0.25, -0.2) is 4.98 Å². The van der Waals surface area contributed by atoms with Gasteiger partial charge >= 0.3 is 0 Å². The number of nitrogens with zero attached hydrogens (tertiary/aromatic N) is 2. The van der Waals surface area contributed by atoms with E-state index in [2.05, 4.69) is 25.9 Å². The third kappa shape index (κ3) is 1.97. The Labute approximate surface area is 90.5 Å². The molecule has 0 atom stereocenters. The highest BCUT2D eigenvalue weighted by molar-refractivity contribution is 9.10. The van der Waals surface area contributed by atoms with Crippen LogP contribution in [0.2, 0.25) is 0 Å². The number of anilines is 1. The maximum Gasteiger partial charge on any atom is 0.267 e. The first-order valence-electron chi connectivity index (χ1n) is 4.63. The van der Waals surface area contributed by atoms with Crippen molar-refractivity contribution in [2.24, 2.45) is 5.92 Å². The van der Waals surface area contributed by atoms with E-state index in [-0.39, 0.29) is 5.56 Å². The predicted molar refractivity (Wildman–Crippen MR) is 58.6 cm³/mol. The molecule has 1 aliphatic rings. The molecule has 0 bridgehead atoms. The smallest absolute Gasteiger partial charge is 0.267 e. The van der Waals surface area contributed by atoms with Crippen molar-refractivity contribution in [2.45, 2.75) is 12.8 Å². The van der Waals surface area contributed by atoms with Gasteiger partial charge in [-0.2, -0.15) is 0 Å². The maximum atomic E-state index is 11.3. The van der Waals surface area contributed by atoms with Gasteiger partial charge in [0.15, 0.2) is 0 Å². The number of aromatic amines is 1. The summed E-state index contributed by atoms with van der Waals surface area (Å²) >= 11 is 3.24. The quantitative estimate of drug-likeness (QED) is 0.891. The summed E-state index contributed by atoms with van der Waals surface area (Å²) in [5, 5.41) is 0. The minimum atomic E-state index is -0.127. The van der Waals surface area contributed by atoms with Crippen LogP contribution in [0.25, 0.3) is 0 Å². The van der Waals surface area contributed by atoms with Crippen molar-refractivity contribution in [3.8, 4) is 0 Å². The Bertz CT molecular complexity index is 386. The largest absolute Gasteiger partial charge is 0.358 e. The van der Waals surface area contributed by atoms with Crippen LogP contribution in [0.4, 0.5) is 5.82 Å². The van der Waals surface area contributed by atoms with Gasteiger partial charge in [-0.15, -0.1) is 0 Å². The van der Waals surface area contributed by atoms with Gasteiger partial charge in [-0.3, -0.25) is 4.79 Å². The Balaban J connectivity index is 2.21. The molecular weight excluding hydrogens is 246 g/mol. The number of nitrogens with one attached hydrogen (secondary N) is 1. The number of hydrogen-bond acceptors (Lipinski definition) is 3. The zero-order valence-electron chi connectivity index (χ0n) is 7.96. The van der Waals surface area contributed by atoms with E-state index in [9.17, 15) is 4.79 Å². The third-order valence-electron chi connectivity index (χ3n) is 2.37. The molecule has 76 valence electrons. The van der Waals surface area contributed by atoms with Crippen molar-refractivity contribution in [2.75, 3.05) is 18.5 Å². The number of aromatic nitrogens is 2. The summed E-state index contributed by atoms with van der Waals surface area (Å²) in [4.78, 5) is 20.0. The van der Waals surface area contributed by atoms with E-state index in [0.29, 0.717) is 4.47 Å². The molecular formula is C9H12BrN3O. The normalized spacial score (nSPS) is 15.6. The van der Waals surface area contributed by atoms with Crippen LogP contribution in [0.3, 0.4) is 0 Å². The first kappa shape index (κ1) is 9.71. The van der Waals surface area contributed by atoms with Crippen molar-refractivity contribution in [1.29, 1.82) is 0 Å². The average Bonchev–Trinajstić information content (AvgIpc) is 2.93. The average molecular weight is 258 g/mol. The molecule has 1 fully saturated rings. The van der Waals surface area contributed by atoms with E-state index >= 15 is 0 Å². The molecule has 1 N–H and O–H groups in total. The molecule has 1 aliphatic carbocycles. The van der Waals surface area contributed by atoms with Crippen LogP contribution in [0.1, 0.15) is 12.8 Å². The van der Waals surface area contributed by atoms with Crippen LogP contribution in [0, 0.1) is 5.92 Å². The molecule has 14 heavy (non-hydrogen) atoms. The van der Waals surface area contributed by atoms with Gasteiger partial charge in [0.25, 0.3) is 5.56 Å². The number of hydrogen-bond donors (Lipinski definition) is 1. The molecule has 0 aliphatic heterocycles. The minimum absolute atomic E-state index is 0.127. The minimum Gasteiger partial charge on any atom is -0.358 e. The summed E-state index contributed by atoms with van der Waals surface area (Å²) in [5.41, 5.74) is -0.127. The molecule has 0 unspecified atom stereocenters. The summed E-state index contributed by atoms with van der Waals surface area (Å²) in [6.45, 7) is 0.981. The Morgan fingerprint density at radius 2 is 2.43 bits per heavy atom. The highest BCUT2D eigenvalue weighted by Crippen LogP contribution is 2.31. The van der Waals surface area contributed by atoms with Crippen molar-refractivity contribution >= 4 is 21.7 Å². The molecule has 0 spiro atoms. The summed E-state index contributed by atoms with van der Waals surface area (Å²) in [7, 11) is 1.96. The van der Waals surface area contributed by atoms with Crippen molar-refractivity contribution in [1.82, 2.24) is 9.97 Å². The van der Waals surface area contributed by atoms with Crippen LogP contribution in [0.5, 0.6) is 0 Å². The highest BCUT2D eigenvalue weighted by Gasteiger charge is 2.24. The highest BCUT2D eigenvalue weighted by atomic mass is 79.9. The molecule has 5 heteroatoms. The lowest BCUT2D eigenvalue weighted by Crippen LogP contribution is -2.24. The molecule has 2 rings (SSSR count). The first-order valence-corrected chi connectivity index (χ1v) is 5.42. The van der Waals surface area contributed by atoms with E-state index in [1.54, 1.807) is 0 Å². The van der Waals surface area contributed by atoms with Gasteiger partial charge in [0.2, 0.25) is 0 Å².